The maximum Gasteiger partial charge on any atom is 0.268 e. The number of hydrogen-bond donors (Lipinski definition) is 0. The molecule has 5 rings (SSSR count). The minimum Gasteiger partial charge on any atom is -0.342 e. The maximum atomic E-state index is 13.8. The summed E-state index contributed by atoms with van der Waals surface area (Å²) in [7, 11) is 0. The lowest BCUT2D eigenvalue weighted by Gasteiger charge is -2.26. The normalized spacial score (nSPS) is 14.1. The van der Waals surface area contributed by atoms with E-state index in [0.717, 1.165) is 42.7 Å². The Labute approximate surface area is 194 Å². The molecule has 0 bridgehead atoms. The fourth-order valence-electron chi connectivity index (χ4n) is 4.06. The Bertz CT molecular complexity index is 1290. The predicted octanol–water partition coefficient (Wildman–Crippen LogP) is 5.22. The van der Waals surface area contributed by atoms with E-state index in [0.29, 0.717) is 15.4 Å². The van der Waals surface area contributed by atoms with E-state index in [1.54, 1.807) is 4.57 Å². The highest BCUT2D eigenvalue weighted by molar-refractivity contribution is 7.99. The molecule has 0 spiro atoms. The number of fused-ring (bicyclic) bond motifs is 1. The fraction of sp³-hybridized carbons (Fsp3) is 0.240. The topological polar surface area (TPSA) is 55.2 Å². The summed E-state index contributed by atoms with van der Waals surface area (Å²) >= 11 is 2.82. The molecular formula is C25H23N3O2S2. The molecule has 0 N–H and O–H groups in total. The van der Waals surface area contributed by atoms with Crippen molar-refractivity contribution in [2.24, 2.45) is 0 Å². The van der Waals surface area contributed by atoms with E-state index >= 15 is 0 Å². The molecule has 0 unspecified atom stereocenters. The quantitative estimate of drug-likeness (QED) is 0.302. The van der Waals surface area contributed by atoms with Crippen molar-refractivity contribution in [3.8, 4) is 16.8 Å². The van der Waals surface area contributed by atoms with Crippen LogP contribution in [0.25, 0.3) is 27.0 Å². The number of benzene rings is 2. The van der Waals surface area contributed by atoms with E-state index in [4.69, 9.17) is 4.98 Å². The molecule has 32 heavy (non-hydrogen) atoms. The van der Waals surface area contributed by atoms with Crippen LogP contribution in [-0.2, 0) is 4.79 Å². The van der Waals surface area contributed by atoms with Crippen molar-refractivity contribution in [3.05, 3.63) is 76.4 Å². The number of carbonyl (C=O) groups excluding carboxylic acids is 1. The second-order valence-corrected chi connectivity index (χ2v) is 9.60. The van der Waals surface area contributed by atoms with Crippen LogP contribution in [0.3, 0.4) is 0 Å². The van der Waals surface area contributed by atoms with E-state index in [1.165, 1.54) is 29.5 Å². The van der Waals surface area contributed by atoms with E-state index in [2.05, 4.69) is 0 Å². The lowest BCUT2D eigenvalue weighted by atomic mass is 10.1. The predicted molar refractivity (Wildman–Crippen MR) is 132 cm³/mol. The second kappa shape index (κ2) is 9.30. The molecule has 1 aliphatic rings. The van der Waals surface area contributed by atoms with Crippen LogP contribution in [0.1, 0.15) is 19.3 Å². The van der Waals surface area contributed by atoms with Gasteiger partial charge in [0.25, 0.3) is 5.56 Å². The van der Waals surface area contributed by atoms with Crippen LogP contribution in [0.5, 0.6) is 0 Å². The van der Waals surface area contributed by atoms with Crippen LogP contribution in [0, 0.1) is 0 Å². The summed E-state index contributed by atoms with van der Waals surface area (Å²) in [5, 5.41) is 3.18. The third-order valence-electron chi connectivity index (χ3n) is 5.71. The molecule has 1 fully saturated rings. The standard InChI is InChI=1S/C25H23N3O2S2/c29-21(27-14-8-3-9-15-27)17-32-25-26-23-22(20(16-31-23)18-10-4-1-5-11-18)24(30)28(25)19-12-6-2-7-13-19/h1-2,4-7,10-13,16H,3,8-9,14-15,17H2. The summed E-state index contributed by atoms with van der Waals surface area (Å²) in [4.78, 5) is 34.0. The van der Waals surface area contributed by atoms with E-state index in [-0.39, 0.29) is 17.2 Å². The first-order valence-electron chi connectivity index (χ1n) is 10.8. The van der Waals surface area contributed by atoms with Gasteiger partial charge in [0.15, 0.2) is 5.16 Å². The molecule has 0 saturated carbocycles. The van der Waals surface area contributed by atoms with E-state index in [9.17, 15) is 9.59 Å². The number of thiophene rings is 1. The third-order valence-corrected chi connectivity index (χ3v) is 7.51. The third kappa shape index (κ3) is 4.10. The number of carbonyl (C=O) groups is 1. The second-order valence-electron chi connectivity index (χ2n) is 7.80. The first-order valence-corrected chi connectivity index (χ1v) is 12.6. The van der Waals surface area contributed by atoms with Crippen LogP contribution >= 0.6 is 23.1 Å². The summed E-state index contributed by atoms with van der Waals surface area (Å²) < 4.78 is 1.65. The summed E-state index contributed by atoms with van der Waals surface area (Å²) in [6.07, 6.45) is 3.31. The van der Waals surface area contributed by atoms with Crippen molar-refractivity contribution in [2.75, 3.05) is 18.8 Å². The molecule has 0 atom stereocenters. The average Bonchev–Trinajstić information content (AvgIpc) is 3.28. The maximum absolute atomic E-state index is 13.8. The molecule has 7 heteroatoms. The first kappa shape index (κ1) is 21.0. The van der Waals surface area contributed by atoms with Crippen molar-refractivity contribution in [3.63, 3.8) is 0 Å². The average molecular weight is 462 g/mol. The molecule has 3 heterocycles. The minimum absolute atomic E-state index is 0.103. The van der Waals surface area contributed by atoms with Crippen molar-refractivity contribution < 1.29 is 4.79 Å². The van der Waals surface area contributed by atoms with Crippen molar-refractivity contribution in [1.82, 2.24) is 14.5 Å². The molecule has 5 nitrogen and oxygen atoms in total. The van der Waals surface area contributed by atoms with E-state index < -0.39 is 0 Å². The summed E-state index contributed by atoms with van der Waals surface area (Å²) in [6, 6.07) is 19.5. The molecular weight excluding hydrogens is 438 g/mol. The van der Waals surface area contributed by atoms with Gasteiger partial charge in [0.1, 0.15) is 4.83 Å². The van der Waals surface area contributed by atoms with Gasteiger partial charge in [-0.1, -0.05) is 60.3 Å². The van der Waals surface area contributed by atoms with Gasteiger partial charge in [0.2, 0.25) is 5.91 Å². The summed E-state index contributed by atoms with van der Waals surface area (Å²) in [5.41, 5.74) is 2.55. The van der Waals surface area contributed by atoms with E-state index in [1.807, 2.05) is 70.9 Å². The summed E-state index contributed by atoms with van der Waals surface area (Å²) in [5.74, 6) is 0.390. The Morgan fingerprint density at radius 1 is 0.969 bits per heavy atom. The van der Waals surface area contributed by atoms with Gasteiger partial charge < -0.3 is 4.90 Å². The number of piperidine rings is 1. The van der Waals surface area contributed by atoms with Crippen LogP contribution in [0.15, 0.2) is 76.0 Å². The molecule has 0 radical (unpaired) electrons. The first-order chi connectivity index (χ1) is 15.7. The Kier molecular flexibility index (Phi) is 6.10. The lowest BCUT2D eigenvalue weighted by Crippen LogP contribution is -2.36. The zero-order chi connectivity index (χ0) is 21.9. The smallest absolute Gasteiger partial charge is 0.268 e. The van der Waals surface area contributed by atoms with Gasteiger partial charge in [-0.25, -0.2) is 4.98 Å². The number of rotatable bonds is 5. The van der Waals surface area contributed by atoms with Crippen LogP contribution in [0.2, 0.25) is 0 Å². The van der Waals surface area contributed by atoms with Gasteiger partial charge in [-0.2, -0.15) is 0 Å². The number of thioether (sulfide) groups is 1. The number of para-hydroxylation sites is 1. The van der Waals surface area contributed by atoms with Crippen LogP contribution in [-0.4, -0.2) is 39.2 Å². The van der Waals surface area contributed by atoms with Gasteiger partial charge >= 0.3 is 0 Å². The monoisotopic (exact) mass is 461 g/mol. The molecule has 1 aliphatic heterocycles. The van der Waals surface area contributed by atoms with Gasteiger partial charge in [0.05, 0.1) is 16.8 Å². The highest BCUT2D eigenvalue weighted by atomic mass is 32.2. The zero-order valence-electron chi connectivity index (χ0n) is 17.6. The molecule has 2 aromatic carbocycles. The van der Waals surface area contributed by atoms with Crippen LogP contribution in [0.4, 0.5) is 0 Å². The molecule has 2 aromatic heterocycles. The number of amides is 1. The highest BCUT2D eigenvalue weighted by Crippen LogP contribution is 2.33. The molecule has 1 saturated heterocycles. The summed E-state index contributed by atoms with van der Waals surface area (Å²) in [6.45, 7) is 1.64. The Morgan fingerprint density at radius 2 is 1.66 bits per heavy atom. The molecule has 4 aromatic rings. The number of nitrogens with zero attached hydrogens (tertiary/aromatic N) is 3. The molecule has 0 aliphatic carbocycles. The van der Waals surface area contributed by atoms with Crippen molar-refractivity contribution in [2.45, 2.75) is 24.4 Å². The van der Waals surface area contributed by atoms with Crippen LogP contribution < -0.4 is 5.56 Å². The van der Waals surface area contributed by atoms with Crippen molar-refractivity contribution in [1.29, 1.82) is 0 Å². The van der Waals surface area contributed by atoms with Gasteiger partial charge in [-0.15, -0.1) is 11.3 Å². The van der Waals surface area contributed by atoms with Gasteiger partial charge in [-0.3, -0.25) is 14.2 Å². The lowest BCUT2D eigenvalue weighted by molar-refractivity contribution is -0.129. The SMILES string of the molecule is O=C(CSc1nc2scc(-c3ccccc3)c2c(=O)n1-c1ccccc1)N1CCCCC1. The largest absolute Gasteiger partial charge is 0.342 e. The molecule has 1 amide bonds. The van der Waals surface area contributed by atoms with Gasteiger partial charge in [-0.05, 0) is 37.0 Å². The minimum atomic E-state index is -0.103. The number of hydrogen-bond acceptors (Lipinski definition) is 5. The molecule has 162 valence electrons. The Balaban J connectivity index is 1.58. The Morgan fingerprint density at radius 3 is 2.38 bits per heavy atom. The van der Waals surface area contributed by atoms with Crippen molar-refractivity contribution >= 4 is 39.2 Å². The number of aromatic nitrogens is 2. The highest BCUT2D eigenvalue weighted by Gasteiger charge is 2.21. The zero-order valence-corrected chi connectivity index (χ0v) is 19.2. The Hall–Kier alpha value is -2.90. The van der Waals surface area contributed by atoms with Gasteiger partial charge in [0, 0.05) is 24.0 Å². The number of likely N-dealkylation sites (tertiary alicyclic amines) is 1. The fourth-order valence-corrected chi connectivity index (χ4v) is 5.97.